The molecule has 1 rings (SSSR count). The van der Waals surface area contributed by atoms with Crippen LogP contribution in [0.4, 0.5) is 0 Å². The molecule has 0 aromatic heterocycles. The van der Waals surface area contributed by atoms with Crippen molar-refractivity contribution < 1.29 is 0 Å². The van der Waals surface area contributed by atoms with Gasteiger partial charge in [0, 0.05) is 0 Å². The Hall–Kier alpha value is 0.199. The molecular formula is C16H35N3Sn. The molecule has 1 unspecified atom stereocenters. The molecule has 0 saturated heterocycles. The molecule has 0 saturated carbocycles. The molecular weight excluding hydrogens is 353 g/mol. The molecule has 1 heterocycles. The quantitative estimate of drug-likeness (QED) is 0.494. The summed E-state index contributed by atoms with van der Waals surface area (Å²) in [6, 6.07) is 0. The summed E-state index contributed by atoms with van der Waals surface area (Å²) in [7, 11) is 0. The Morgan fingerprint density at radius 3 is 1.65 bits per heavy atom. The van der Waals surface area contributed by atoms with E-state index in [4.69, 9.17) is 5.11 Å². The van der Waals surface area contributed by atoms with E-state index in [2.05, 4.69) is 45.3 Å². The Balaban J connectivity index is 2.95. The van der Waals surface area contributed by atoms with Gasteiger partial charge in [-0.2, -0.15) is 0 Å². The number of nitrogens with one attached hydrogen (secondary N) is 1. The van der Waals surface area contributed by atoms with Crippen molar-refractivity contribution >= 4 is 18.4 Å². The van der Waals surface area contributed by atoms with Gasteiger partial charge < -0.3 is 0 Å². The first-order valence-corrected chi connectivity index (χ1v) is 16.4. The van der Waals surface area contributed by atoms with Crippen LogP contribution in [0.5, 0.6) is 0 Å². The van der Waals surface area contributed by atoms with E-state index in [9.17, 15) is 0 Å². The Kier molecular flexibility index (Phi) is 7.84. The third-order valence-corrected chi connectivity index (χ3v) is 22.1. The molecule has 1 aliphatic heterocycles. The first-order valence-electron chi connectivity index (χ1n) is 8.69. The molecule has 1 N–H and O–H groups in total. The first kappa shape index (κ1) is 18.2. The van der Waals surface area contributed by atoms with Crippen molar-refractivity contribution in [1.82, 2.24) is 5.43 Å². The van der Waals surface area contributed by atoms with Gasteiger partial charge in [-0.15, -0.1) is 0 Å². The van der Waals surface area contributed by atoms with Crippen molar-refractivity contribution in [2.75, 3.05) is 0 Å². The van der Waals surface area contributed by atoms with E-state index in [-0.39, 0.29) is 5.54 Å². The summed E-state index contributed by atoms with van der Waals surface area (Å²) in [6.45, 7) is 11.6. The predicted molar refractivity (Wildman–Crippen MR) is 90.8 cm³/mol. The van der Waals surface area contributed by atoms with Gasteiger partial charge in [-0.3, -0.25) is 0 Å². The Bertz CT molecular complexity index is 280. The van der Waals surface area contributed by atoms with E-state index in [0.717, 1.165) is 0 Å². The molecule has 0 radical (unpaired) electrons. The fourth-order valence-electron chi connectivity index (χ4n) is 3.68. The molecule has 118 valence electrons. The van der Waals surface area contributed by atoms with Gasteiger partial charge in [0.1, 0.15) is 0 Å². The van der Waals surface area contributed by atoms with Gasteiger partial charge in [-0.05, 0) is 0 Å². The maximum absolute atomic E-state index is 4.73. The zero-order chi connectivity index (χ0) is 15.1. The number of nitrogens with zero attached hydrogens (tertiary/aromatic N) is 2. The van der Waals surface area contributed by atoms with Gasteiger partial charge >= 0.3 is 130 Å². The fraction of sp³-hybridized carbons (Fsp3) is 1.00. The third-order valence-electron chi connectivity index (χ3n) is 4.86. The zero-order valence-corrected chi connectivity index (χ0v) is 17.2. The van der Waals surface area contributed by atoms with Crippen LogP contribution in [0.3, 0.4) is 0 Å². The second-order valence-corrected chi connectivity index (χ2v) is 20.7. The molecule has 1 atom stereocenters. The van der Waals surface area contributed by atoms with E-state index in [1.54, 1.807) is 0 Å². The Morgan fingerprint density at radius 1 is 0.900 bits per heavy atom. The van der Waals surface area contributed by atoms with Crippen LogP contribution in [0.15, 0.2) is 10.3 Å². The molecule has 0 aliphatic carbocycles. The van der Waals surface area contributed by atoms with E-state index < -0.39 is 18.4 Å². The molecule has 20 heavy (non-hydrogen) atoms. The SMILES string of the molecule is CCC[CH2][Sn]([CH2]CCC)([CH2]CCC)[CH]1N=NNC1(C)C. The van der Waals surface area contributed by atoms with Crippen molar-refractivity contribution in [2.45, 2.75) is 96.1 Å². The number of hydrogen-bond donors (Lipinski definition) is 1. The van der Waals surface area contributed by atoms with Crippen molar-refractivity contribution in [1.29, 1.82) is 0 Å². The summed E-state index contributed by atoms with van der Waals surface area (Å²) >= 11 is -2.27. The molecule has 1 aliphatic rings. The molecule has 0 amide bonds. The summed E-state index contributed by atoms with van der Waals surface area (Å²) in [6.07, 6.45) is 8.21. The van der Waals surface area contributed by atoms with Gasteiger partial charge in [0.15, 0.2) is 0 Å². The van der Waals surface area contributed by atoms with E-state index in [1.165, 1.54) is 51.8 Å². The summed E-state index contributed by atoms with van der Waals surface area (Å²) in [5.41, 5.74) is 3.39. The molecule has 4 heteroatoms. The van der Waals surface area contributed by atoms with Gasteiger partial charge in [-0.25, -0.2) is 0 Å². The van der Waals surface area contributed by atoms with E-state index >= 15 is 0 Å². The standard InChI is InChI=1S/C4H8N3.3C4H9.Sn/c1-4(2)3-5-7-6-4;3*1-3-4-2;/h3H,1-2H3,(H,5,6);3*1,3-4H2,2H3;. The zero-order valence-electron chi connectivity index (χ0n) is 14.3. The number of rotatable bonds is 10. The first-order chi connectivity index (χ1) is 9.52. The minimum atomic E-state index is -2.27. The van der Waals surface area contributed by atoms with Crippen LogP contribution in [-0.4, -0.2) is 28.0 Å². The third kappa shape index (κ3) is 4.60. The summed E-state index contributed by atoms with van der Waals surface area (Å²) in [4.78, 5) is 0. The van der Waals surface area contributed by atoms with Crippen LogP contribution in [0, 0.1) is 0 Å². The van der Waals surface area contributed by atoms with Crippen LogP contribution < -0.4 is 5.43 Å². The van der Waals surface area contributed by atoms with Crippen molar-refractivity contribution in [3.05, 3.63) is 0 Å². The second-order valence-electron chi connectivity index (χ2n) is 7.12. The molecule has 3 nitrogen and oxygen atoms in total. The summed E-state index contributed by atoms with van der Waals surface area (Å²) in [5, 5.41) is 8.96. The van der Waals surface area contributed by atoms with Crippen molar-refractivity contribution in [3.63, 3.8) is 0 Å². The van der Waals surface area contributed by atoms with Crippen molar-refractivity contribution in [3.8, 4) is 0 Å². The molecule has 0 bridgehead atoms. The Labute approximate surface area is 130 Å². The topological polar surface area (TPSA) is 36.8 Å². The van der Waals surface area contributed by atoms with E-state index in [0.29, 0.717) is 4.06 Å². The normalized spacial score (nSPS) is 21.1. The summed E-state index contributed by atoms with van der Waals surface area (Å²) in [5.74, 6) is 0. The molecule has 0 spiro atoms. The second kappa shape index (κ2) is 8.60. The van der Waals surface area contributed by atoms with E-state index in [1.807, 2.05) is 0 Å². The maximum atomic E-state index is 4.73. The molecule has 0 aromatic rings. The van der Waals surface area contributed by atoms with Gasteiger partial charge in [0.05, 0.1) is 0 Å². The monoisotopic (exact) mass is 389 g/mol. The number of unbranched alkanes of at least 4 members (excludes halogenated alkanes) is 3. The predicted octanol–water partition coefficient (Wildman–Crippen LogP) is 5.49. The van der Waals surface area contributed by atoms with Crippen LogP contribution in [0.25, 0.3) is 0 Å². The molecule has 0 fully saturated rings. The minimum absolute atomic E-state index is 0.102. The van der Waals surface area contributed by atoms with Crippen LogP contribution in [0.1, 0.15) is 73.1 Å². The Morgan fingerprint density at radius 2 is 1.35 bits per heavy atom. The average molecular weight is 388 g/mol. The van der Waals surface area contributed by atoms with Gasteiger partial charge in [0.2, 0.25) is 0 Å². The molecule has 0 aromatic carbocycles. The van der Waals surface area contributed by atoms with Crippen LogP contribution in [-0.2, 0) is 0 Å². The van der Waals surface area contributed by atoms with Crippen LogP contribution in [0.2, 0.25) is 13.3 Å². The number of hydrogen-bond acceptors (Lipinski definition) is 3. The van der Waals surface area contributed by atoms with Crippen molar-refractivity contribution in [2.24, 2.45) is 10.3 Å². The fourth-order valence-corrected chi connectivity index (χ4v) is 22.6. The average Bonchev–Trinajstić information content (AvgIpc) is 2.79. The van der Waals surface area contributed by atoms with Gasteiger partial charge in [0.25, 0.3) is 0 Å². The van der Waals surface area contributed by atoms with Crippen LogP contribution >= 0.6 is 0 Å². The summed E-state index contributed by atoms with van der Waals surface area (Å²) < 4.78 is 5.08. The van der Waals surface area contributed by atoms with Gasteiger partial charge in [-0.1, -0.05) is 0 Å².